The molecule has 0 radical (unpaired) electrons. The maximum Gasteiger partial charge on any atom is 0.143 e. The first kappa shape index (κ1) is 17.2. The van der Waals surface area contributed by atoms with E-state index >= 15 is 0 Å². The molecular formula is C20H21FN2O2S. The molecule has 1 aliphatic rings. The Morgan fingerprint density at radius 1 is 1.15 bits per heavy atom. The zero-order valence-electron chi connectivity index (χ0n) is 14.4. The van der Waals surface area contributed by atoms with E-state index in [9.17, 15) is 8.60 Å². The van der Waals surface area contributed by atoms with Gasteiger partial charge >= 0.3 is 0 Å². The molecule has 136 valence electrons. The molecule has 0 amide bonds. The van der Waals surface area contributed by atoms with Crippen LogP contribution in [0.5, 0.6) is 5.75 Å². The lowest BCUT2D eigenvalue weighted by Crippen LogP contribution is -2.25. The molecule has 1 aliphatic heterocycles. The van der Waals surface area contributed by atoms with Crippen LogP contribution in [0.2, 0.25) is 0 Å². The van der Waals surface area contributed by atoms with E-state index in [-0.39, 0.29) is 5.82 Å². The van der Waals surface area contributed by atoms with E-state index in [0.29, 0.717) is 16.4 Å². The van der Waals surface area contributed by atoms with Crippen molar-refractivity contribution in [1.29, 1.82) is 0 Å². The number of likely N-dealkylation sites (tertiary alicyclic amines) is 1. The van der Waals surface area contributed by atoms with Crippen molar-refractivity contribution >= 4 is 21.7 Å². The Bertz CT molecular complexity index is 934. The predicted octanol–water partition coefficient (Wildman–Crippen LogP) is 3.95. The summed E-state index contributed by atoms with van der Waals surface area (Å²) in [4.78, 5) is 6.66. The minimum atomic E-state index is -1.45. The van der Waals surface area contributed by atoms with Crippen molar-refractivity contribution in [3.05, 3.63) is 54.5 Å². The highest BCUT2D eigenvalue weighted by Gasteiger charge is 2.16. The molecule has 1 fully saturated rings. The summed E-state index contributed by atoms with van der Waals surface area (Å²) >= 11 is 0. The van der Waals surface area contributed by atoms with E-state index in [0.717, 1.165) is 36.3 Å². The Kier molecular flexibility index (Phi) is 5.04. The number of aromatic nitrogens is 1. The van der Waals surface area contributed by atoms with Crippen LogP contribution >= 0.6 is 0 Å². The highest BCUT2D eigenvalue weighted by Crippen LogP contribution is 2.31. The van der Waals surface area contributed by atoms with Crippen LogP contribution in [0.15, 0.2) is 58.5 Å². The number of H-pyrrole nitrogens is 1. The van der Waals surface area contributed by atoms with Gasteiger partial charge in [-0.2, -0.15) is 0 Å². The number of para-hydroxylation sites is 1. The fraction of sp³-hybridized carbons (Fsp3) is 0.300. The summed E-state index contributed by atoms with van der Waals surface area (Å²) in [6.45, 7) is 3.83. The molecule has 2 aromatic carbocycles. The SMILES string of the molecule is O=S(c1cccc(F)c1)c1c[nH]c2c(OCCN3CCCC3)cccc12. The standard InChI is InChI=1S/C20H21FN2O2S/c21-15-5-3-6-16(13-15)26(24)19-14-22-20-17(19)7-4-8-18(20)25-12-11-23-9-1-2-10-23/h3-8,13-14,22H,1-2,9-12H2. The lowest BCUT2D eigenvalue weighted by atomic mass is 10.2. The average Bonchev–Trinajstić information content (AvgIpc) is 3.31. The monoisotopic (exact) mass is 372 g/mol. The van der Waals surface area contributed by atoms with E-state index in [4.69, 9.17) is 4.74 Å². The highest BCUT2D eigenvalue weighted by atomic mass is 32.2. The number of benzene rings is 2. The highest BCUT2D eigenvalue weighted by molar-refractivity contribution is 7.85. The number of nitrogens with one attached hydrogen (secondary N) is 1. The van der Waals surface area contributed by atoms with Crippen LogP contribution in [-0.2, 0) is 10.8 Å². The molecule has 1 saturated heterocycles. The second-order valence-corrected chi connectivity index (χ2v) is 7.90. The number of ether oxygens (including phenoxy) is 1. The summed E-state index contributed by atoms with van der Waals surface area (Å²) < 4.78 is 32.3. The van der Waals surface area contributed by atoms with Gasteiger partial charge in [-0.1, -0.05) is 18.2 Å². The lowest BCUT2D eigenvalue weighted by Gasteiger charge is -2.15. The first-order chi connectivity index (χ1) is 12.7. The van der Waals surface area contributed by atoms with Gasteiger partial charge < -0.3 is 9.72 Å². The van der Waals surface area contributed by atoms with Crippen LogP contribution in [0.3, 0.4) is 0 Å². The van der Waals surface area contributed by atoms with E-state index < -0.39 is 10.8 Å². The van der Waals surface area contributed by atoms with E-state index in [1.165, 1.54) is 25.0 Å². The van der Waals surface area contributed by atoms with Gasteiger partial charge in [0.2, 0.25) is 0 Å². The van der Waals surface area contributed by atoms with Crippen LogP contribution < -0.4 is 4.74 Å². The molecule has 0 spiro atoms. The Morgan fingerprint density at radius 2 is 1.96 bits per heavy atom. The third kappa shape index (κ3) is 3.52. The van der Waals surface area contributed by atoms with Gasteiger partial charge in [0.15, 0.2) is 0 Å². The summed E-state index contributed by atoms with van der Waals surface area (Å²) in [5.41, 5.74) is 0.827. The predicted molar refractivity (Wildman–Crippen MR) is 101 cm³/mol. The quantitative estimate of drug-likeness (QED) is 0.713. The zero-order valence-corrected chi connectivity index (χ0v) is 15.2. The average molecular weight is 372 g/mol. The minimum Gasteiger partial charge on any atom is -0.490 e. The number of nitrogens with zero attached hydrogens (tertiary/aromatic N) is 1. The van der Waals surface area contributed by atoms with Gasteiger partial charge in [-0.25, -0.2) is 8.60 Å². The van der Waals surface area contributed by atoms with Gasteiger partial charge in [0, 0.05) is 23.0 Å². The molecule has 1 N–H and O–H groups in total. The number of rotatable bonds is 6. The molecule has 0 bridgehead atoms. The minimum absolute atomic E-state index is 0.387. The molecule has 2 heterocycles. The van der Waals surface area contributed by atoms with E-state index in [1.807, 2.05) is 18.2 Å². The Balaban J connectivity index is 1.55. The van der Waals surface area contributed by atoms with Crippen molar-refractivity contribution in [1.82, 2.24) is 9.88 Å². The summed E-state index contributed by atoms with van der Waals surface area (Å²) in [7, 11) is -1.45. The largest absolute Gasteiger partial charge is 0.490 e. The molecule has 6 heteroatoms. The summed E-state index contributed by atoms with van der Waals surface area (Å²) in [5.74, 6) is 0.366. The molecule has 0 saturated carbocycles. The zero-order chi connectivity index (χ0) is 17.9. The third-order valence-corrected chi connectivity index (χ3v) is 6.13. The topological polar surface area (TPSA) is 45.3 Å². The third-order valence-electron chi connectivity index (χ3n) is 4.71. The fourth-order valence-corrected chi connectivity index (χ4v) is 4.59. The number of fused-ring (bicyclic) bond motifs is 1. The van der Waals surface area contributed by atoms with Crippen molar-refractivity contribution < 1.29 is 13.3 Å². The molecule has 1 atom stereocenters. The molecular weight excluding hydrogens is 351 g/mol. The number of hydrogen-bond acceptors (Lipinski definition) is 3. The Morgan fingerprint density at radius 3 is 2.77 bits per heavy atom. The van der Waals surface area contributed by atoms with Gasteiger partial charge in [0.25, 0.3) is 0 Å². The second kappa shape index (κ2) is 7.60. The maximum atomic E-state index is 13.4. The van der Waals surface area contributed by atoms with Crippen LogP contribution in [-0.4, -0.2) is 40.3 Å². The van der Waals surface area contributed by atoms with Crippen LogP contribution in [0, 0.1) is 5.82 Å². The lowest BCUT2D eigenvalue weighted by molar-refractivity contribution is 0.239. The smallest absolute Gasteiger partial charge is 0.143 e. The number of aromatic amines is 1. The van der Waals surface area contributed by atoms with Gasteiger partial charge in [-0.05, 0) is 50.2 Å². The maximum absolute atomic E-state index is 13.4. The Labute approximate surface area is 154 Å². The molecule has 1 unspecified atom stereocenters. The van der Waals surface area contributed by atoms with Gasteiger partial charge in [0.1, 0.15) is 18.2 Å². The number of halogens is 1. The van der Waals surface area contributed by atoms with Crippen molar-refractivity contribution in [3.8, 4) is 5.75 Å². The molecule has 0 aliphatic carbocycles. The summed E-state index contributed by atoms with van der Waals surface area (Å²) in [5, 5.41) is 0.839. The van der Waals surface area contributed by atoms with Gasteiger partial charge in [0.05, 0.1) is 21.2 Å². The van der Waals surface area contributed by atoms with Crippen LogP contribution in [0.25, 0.3) is 10.9 Å². The van der Waals surface area contributed by atoms with Gasteiger partial charge in [-0.15, -0.1) is 0 Å². The van der Waals surface area contributed by atoms with Gasteiger partial charge in [-0.3, -0.25) is 4.90 Å². The molecule has 4 rings (SSSR count). The van der Waals surface area contributed by atoms with Crippen LogP contribution in [0.1, 0.15) is 12.8 Å². The fourth-order valence-electron chi connectivity index (χ4n) is 3.37. The molecule has 3 aromatic rings. The van der Waals surface area contributed by atoms with Crippen molar-refractivity contribution in [2.75, 3.05) is 26.2 Å². The van der Waals surface area contributed by atoms with Crippen LogP contribution in [0.4, 0.5) is 4.39 Å². The van der Waals surface area contributed by atoms with Crippen molar-refractivity contribution in [2.45, 2.75) is 22.6 Å². The summed E-state index contributed by atoms with van der Waals surface area (Å²) in [6.07, 6.45) is 4.25. The Hall–Kier alpha value is -2.18. The molecule has 4 nitrogen and oxygen atoms in total. The van der Waals surface area contributed by atoms with E-state index in [2.05, 4.69) is 9.88 Å². The summed E-state index contributed by atoms with van der Waals surface area (Å²) in [6, 6.07) is 11.6. The van der Waals surface area contributed by atoms with E-state index in [1.54, 1.807) is 18.3 Å². The first-order valence-corrected chi connectivity index (χ1v) is 10.00. The number of hydrogen-bond donors (Lipinski definition) is 1. The normalized spacial score (nSPS) is 16.2. The van der Waals surface area contributed by atoms with Crippen molar-refractivity contribution in [2.24, 2.45) is 0 Å². The first-order valence-electron chi connectivity index (χ1n) is 8.85. The molecule has 1 aromatic heterocycles. The van der Waals surface area contributed by atoms with Crippen molar-refractivity contribution in [3.63, 3.8) is 0 Å². The molecule has 26 heavy (non-hydrogen) atoms. The second-order valence-electron chi connectivity index (χ2n) is 6.45.